The van der Waals surface area contributed by atoms with Crippen molar-refractivity contribution < 1.29 is 4.42 Å². The first-order valence-corrected chi connectivity index (χ1v) is 13.4. The van der Waals surface area contributed by atoms with Crippen LogP contribution in [0, 0.1) is 0 Å². The summed E-state index contributed by atoms with van der Waals surface area (Å²) in [6.07, 6.45) is 0. The summed E-state index contributed by atoms with van der Waals surface area (Å²) in [6, 6.07) is 52.1. The summed E-state index contributed by atoms with van der Waals surface area (Å²) in [4.78, 5) is 0. The van der Waals surface area contributed by atoms with Crippen molar-refractivity contribution in [2.45, 2.75) is 0 Å². The first-order valence-electron chi connectivity index (χ1n) is 13.4. The van der Waals surface area contributed by atoms with Crippen LogP contribution in [-0.2, 0) is 0 Å². The molecule has 1 heterocycles. The average molecular weight is 497 g/mol. The molecule has 0 amide bonds. The van der Waals surface area contributed by atoms with Gasteiger partial charge in [0, 0.05) is 10.9 Å². The van der Waals surface area contributed by atoms with Gasteiger partial charge in [-0.25, -0.2) is 0 Å². The Balaban J connectivity index is 1.40. The van der Waals surface area contributed by atoms with Crippen LogP contribution < -0.4 is 0 Å². The SMILES string of the molecule is c1cc(-c2cc3ccccc3o2)cc(-c2c3ccccc3c(-c3ccc4ccccc4c3)c3ccccc23)c1. The molecule has 0 radical (unpaired) electrons. The molecule has 0 bridgehead atoms. The summed E-state index contributed by atoms with van der Waals surface area (Å²) in [5.41, 5.74) is 6.95. The fraction of sp³-hybridized carbons (Fsp3) is 0. The largest absolute Gasteiger partial charge is 0.456 e. The molecular weight excluding hydrogens is 472 g/mol. The van der Waals surface area contributed by atoms with E-state index in [1.807, 2.05) is 18.2 Å². The van der Waals surface area contributed by atoms with Crippen molar-refractivity contribution in [2.24, 2.45) is 0 Å². The second kappa shape index (κ2) is 8.72. The predicted molar refractivity (Wildman–Crippen MR) is 165 cm³/mol. The van der Waals surface area contributed by atoms with Crippen LogP contribution in [-0.4, -0.2) is 0 Å². The summed E-state index contributed by atoms with van der Waals surface area (Å²) < 4.78 is 6.23. The number of para-hydroxylation sites is 1. The molecule has 0 aliphatic carbocycles. The zero-order chi connectivity index (χ0) is 25.8. The summed E-state index contributed by atoms with van der Waals surface area (Å²) in [6.45, 7) is 0. The van der Waals surface area contributed by atoms with E-state index in [1.165, 1.54) is 54.6 Å². The van der Waals surface area contributed by atoms with E-state index in [0.717, 1.165) is 22.3 Å². The second-order valence-electron chi connectivity index (χ2n) is 10.1. The number of furan rings is 1. The fourth-order valence-electron chi connectivity index (χ4n) is 6.05. The molecule has 0 saturated carbocycles. The molecule has 39 heavy (non-hydrogen) atoms. The lowest BCUT2D eigenvalue weighted by Gasteiger charge is -2.18. The topological polar surface area (TPSA) is 13.1 Å². The van der Waals surface area contributed by atoms with E-state index in [9.17, 15) is 0 Å². The van der Waals surface area contributed by atoms with E-state index in [0.29, 0.717) is 0 Å². The lowest BCUT2D eigenvalue weighted by Crippen LogP contribution is -1.91. The van der Waals surface area contributed by atoms with Gasteiger partial charge in [0.15, 0.2) is 0 Å². The van der Waals surface area contributed by atoms with E-state index < -0.39 is 0 Å². The minimum atomic E-state index is 0.888. The van der Waals surface area contributed by atoms with E-state index in [4.69, 9.17) is 4.42 Å². The van der Waals surface area contributed by atoms with Gasteiger partial charge in [0.05, 0.1) is 0 Å². The van der Waals surface area contributed by atoms with Crippen LogP contribution in [0.3, 0.4) is 0 Å². The minimum absolute atomic E-state index is 0.888. The van der Waals surface area contributed by atoms with Gasteiger partial charge >= 0.3 is 0 Å². The van der Waals surface area contributed by atoms with Crippen molar-refractivity contribution in [1.82, 2.24) is 0 Å². The predicted octanol–water partition coefficient (Wildman–Crippen LogP) is 10.9. The maximum atomic E-state index is 6.23. The molecule has 0 unspecified atom stereocenters. The van der Waals surface area contributed by atoms with Gasteiger partial charge in [-0.15, -0.1) is 0 Å². The quantitative estimate of drug-likeness (QED) is 0.222. The minimum Gasteiger partial charge on any atom is -0.456 e. The molecule has 1 aromatic heterocycles. The van der Waals surface area contributed by atoms with Crippen LogP contribution >= 0.6 is 0 Å². The van der Waals surface area contributed by atoms with Gasteiger partial charge in [-0.3, -0.25) is 0 Å². The molecule has 1 nitrogen and oxygen atoms in total. The Hall–Kier alpha value is -5.14. The highest BCUT2D eigenvalue weighted by atomic mass is 16.3. The van der Waals surface area contributed by atoms with Gasteiger partial charge < -0.3 is 4.42 Å². The zero-order valence-corrected chi connectivity index (χ0v) is 21.3. The highest BCUT2D eigenvalue weighted by molar-refractivity contribution is 6.21. The molecule has 0 aliphatic heterocycles. The van der Waals surface area contributed by atoms with Gasteiger partial charge in [0.2, 0.25) is 0 Å². The number of hydrogen-bond donors (Lipinski definition) is 0. The molecule has 8 aromatic rings. The Morgan fingerprint density at radius 1 is 0.333 bits per heavy atom. The fourth-order valence-corrected chi connectivity index (χ4v) is 6.05. The van der Waals surface area contributed by atoms with Crippen molar-refractivity contribution >= 4 is 43.3 Å². The highest BCUT2D eigenvalue weighted by Crippen LogP contribution is 2.44. The molecule has 7 aromatic carbocycles. The van der Waals surface area contributed by atoms with Crippen LogP contribution in [0.2, 0.25) is 0 Å². The molecule has 0 saturated heterocycles. The van der Waals surface area contributed by atoms with Crippen LogP contribution in [0.15, 0.2) is 150 Å². The summed E-state index contributed by atoms with van der Waals surface area (Å²) in [5.74, 6) is 0.888. The standard InChI is InChI=1S/C38H24O/c1-2-11-26-22-30(21-20-25(26)10-1)38-33-17-6-4-15-31(33)37(32-16-5-7-18-34(32)38)29-14-9-13-27(23-29)36-24-28-12-3-8-19-35(28)39-36/h1-24H. The Morgan fingerprint density at radius 3 is 1.54 bits per heavy atom. The summed E-state index contributed by atoms with van der Waals surface area (Å²) in [7, 11) is 0. The zero-order valence-electron chi connectivity index (χ0n) is 21.3. The second-order valence-corrected chi connectivity index (χ2v) is 10.1. The first kappa shape index (κ1) is 21.9. The molecule has 182 valence electrons. The molecule has 0 N–H and O–H groups in total. The third-order valence-corrected chi connectivity index (χ3v) is 7.83. The number of rotatable bonds is 3. The molecule has 1 heteroatoms. The lowest BCUT2D eigenvalue weighted by atomic mass is 9.85. The van der Waals surface area contributed by atoms with Gasteiger partial charge in [-0.1, -0.05) is 121 Å². The Morgan fingerprint density at radius 2 is 0.872 bits per heavy atom. The van der Waals surface area contributed by atoms with Gasteiger partial charge in [0.1, 0.15) is 11.3 Å². The van der Waals surface area contributed by atoms with E-state index in [2.05, 4.69) is 127 Å². The lowest BCUT2D eigenvalue weighted by molar-refractivity contribution is 0.631. The maximum absolute atomic E-state index is 6.23. The monoisotopic (exact) mass is 496 g/mol. The third-order valence-electron chi connectivity index (χ3n) is 7.83. The van der Waals surface area contributed by atoms with E-state index in [1.54, 1.807) is 0 Å². The van der Waals surface area contributed by atoms with Crippen LogP contribution in [0.4, 0.5) is 0 Å². The Bertz CT molecular complexity index is 2090. The molecule has 0 atom stereocenters. The molecule has 0 aliphatic rings. The van der Waals surface area contributed by atoms with Crippen molar-refractivity contribution in [2.75, 3.05) is 0 Å². The smallest absolute Gasteiger partial charge is 0.135 e. The highest BCUT2D eigenvalue weighted by Gasteiger charge is 2.17. The van der Waals surface area contributed by atoms with Crippen LogP contribution in [0.5, 0.6) is 0 Å². The van der Waals surface area contributed by atoms with Crippen molar-refractivity contribution in [3.63, 3.8) is 0 Å². The molecule has 8 rings (SSSR count). The molecule has 0 fully saturated rings. The first-order chi connectivity index (χ1) is 19.3. The number of benzene rings is 7. The number of hydrogen-bond acceptors (Lipinski definition) is 1. The van der Waals surface area contributed by atoms with Crippen molar-refractivity contribution in [3.05, 3.63) is 146 Å². The number of fused-ring (bicyclic) bond motifs is 4. The van der Waals surface area contributed by atoms with Gasteiger partial charge in [0.25, 0.3) is 0 Å². The van der Waals surface area contributed by atoms with Crippen LogP contribution in [0.1, 0.15) is 0 Å². The van der Waals surface area contributed by atoms with Crippen molar-refractivity contribution in [3.8, 4) is 33.6 Å². The molecular formula is C38H24O. The van der Waals surface area contributed by atoms with Crippen molar-refractivity contribution in [1.29, 1.82) is 0 Å². The summed E-state index contributed by atoms with van der Waals surface area (Å²) in [5, 5.41) is 8.65. The Labute approximate surface area is 226 Å². The Kier molecular flexibility index (Phi) is 4.89. The summed E-state index contributed by atoms with van der Waals surface area (Å²) >= 11 is 0. The third kappa shape index (κ3) is 3.55. The normalized spacial score (nSPS) is 11.6. The maximum Gasteiger partial charge on any atom is 0.135 e. The van der Waals surface area contributed by atoms with E-state index in [-0.39, 0.29) is 0 Å². The van der Waals surface area contributed by atoms with Gasteiger partial charge in [-0.2, -0.15) is 0 Å². The molecule has 0 spiro atoms. The van der Waals surface area contributed by atoms with Crippen LogP contribution in [0.25, 0.3) is 76.9 Å². The average Bonchev–Trinajstić information content (AvgIpc) is 3.44. The van der Waals surface area contributed by atoms with Gasteiger partial charge in [-0.05, 0) is 78.8 Å². The van der Waals surface area contributed by atoms with E-state index >= 15 is 0 Å².